The lowest BCUT2D eigenvalue weighted by molar-refractivity contribution is 0.435. The Morgan fingerprint density at radius 1 is 1.35 bits per heavy atom. The lowest BCUT2D eigenvalue weighted by atomic mass is 10.3. The van der Waals surface area contributed by atoms with Crippen molar-refractivity contribution in [2.24, 2.45) is 0 Å². The molecule has 1 aliphatic carbocycles. The maximum atomic E-state index is 12.3. The number of aromatic hydroxyl groups is 1. The molecule has 1 saturated carbocycles. The van der Waals surface area contributed by atoms with Crippen LogP contribution in [0.4, 0.5) is 0 Å². The molecule has 1 aromatic carbocycles. The Labute approximate surface area is 101 Å². The fourth-order valence-corrected chi connectivity index (χ4v) is 3.34. The van der Waals surface area contributed by atoms with Gasteiger partial charge in [0.25, 0.3) is 0 Å². The van der Waals surface area contributed by atoms with E-state index in [1.807, 2.05) is 0 Å². The van der Waals surface area contributed by atoms with Crippen LogP contribution < -0.4 is 0 Å². The highest BCUT2D eigenvalue weighted by Crippen LogP contribution is 2.32. The predicted octanol–water partition coefficient (Wildman–Crippen LogP) is 1.73. The molecule has 17 heavy (non-hydrogen) atoms. The minimum absolute atomic E-state index is 0.0608. The summed E-state index contributed by atoms with van der Waals surface area (Å²) in [5, 5.41) is 9.16. The van der Waals surface area contributed by atoms with E-state index in [1.165, 1.54) is 28.6 Å². The smallest absolute Gasteiger partial charge is 0.243 e. The highest BCUT2D eigenvalue weighted by Gasteiger charge is 2.37. The summed E-state index contributed by atoms with van der Waals surface area (Å²) >= 11 is 0. The molecule has 0 radical (unpaired) electrons. The van der Waals surface area contributed by atoms with Gasteiger partial charge >= 0.3 is 0 Å². The predicted molar refractivity (Wildman–Crippen MR) is 65.2 cm³/mol. The quantitative estimate of drug-likeness (QED) is 0.813. The van der Waals surface area contributed by atoms with Crippen LogP contribution in [0.3, 0.4) is 0 Å². The molecule has 0 bridgehead atoms. The Bertz CT molecular complexity index is 503. The zero-order valence-electron chi connectivity index (χ0n) is 9.41. The maximum absolute atomic E-state index is 12.3. The largest absolute Gasteiger partial charge is 0.508 e. The van der Waals surface area contributed by atoms with Crippen LogP contribution in [0, 0.1) is 0 Å². The molecule has 0 amide bonds. The van der Waals surface area contributed by atoms with E-state index in [4.69, 9.17) is 5.11 Å². The number of phenolic OH excluding ortho intramolecular Hbond substituents is 1. The molecule has 1 fully saturated rings. The lowest BCUT2D eigenvalue weighted by Crippen LogP contribution is -2.33. The molecular formula is C12H15NO3S. The highest BCUT2D eigenvalue weighted by molar-refractivity contribution is 7.89. The van der Waals surface area contributed by atoms with Gasteiger partial charge in [0.1, 0.15) is 5.75 Å². The van der Waals surface area contributed by atoms with Crippen LogP contribution in [0.1, 0.15) is 12.8 Å². The second-order valence-corrected chi connectivity index (χ2v) is 5.98. The monoisotopic (exact) mass is 253 g/mol. The van der Waals surface area contributed by atoms with Gasteiger partial charge in [-0.15, -0.1) is 6.58 Å². The van der Waals surface area contributed by atoms with Gasteiger partial charge < -0.3 is 5.11 Å². The molecular weight excluding hydrogens is 238 g/mol. The van der Waals surface area contributed by atoms with Crippen molar-refractivity contribution in [3.63, 3.8) is 0 Å². The summed E-state index contributed by atoms with van der Waals surface area (Å²) in [4.78, 5) is 0.212. The number of nitrogens with zero attached hydrogens (tertiary/aromatic N) is 1. The second-order valence-electron chi connectivity index (χ2n) is 4.09. The summed E-state index contributed by atoms with van der Waals surface area (Å²) in [6.07, 6.45) is 3.41. The third-order valence-corrected chi connectivity index (χ3v) is 4.64. The molecule has 0 spiro atoms. The van der Waals surface area contributed by atoms with E-state index in [1.54, 1.807) is 6.08 Å². The summed E-state index contributed by atoms with van der Waals surface area (Å²) in [5.74, 6) is 0.0608. The van der Waals surface area contributed by atoms with E-state index >= 15 is 0 Å². The third kappa shape index (κ3) is 2.50. The molecule has 2 rings (SSSR count). The number of benzene rings is 1. The fraction of sp³-hybridized carbons (Fsp3) is 0.333. The SMILES string of the molecule is C=CCN(C1CC1)S(=O)(=O)c1ccc(O)cc1. The van der Waals surface area contributed by atoms with Gasteiger partial charge in [-0.1, -0.05) is 6.08 Å². The molecule has 1 aromatic rings. The van der Waals surface area contributed by atoms with Crippen molar-refractivity contribution < 1.29 is 13.5 Å². The standard InChI is InChI=1S/C12H15NO3S/c1-2-9-13(10-3-4-10)17(15,16)12-7-5-11(14)6-8-12/h2,5-8,10,14H,1,3-4,9H2. The third-order valence-electron chi connectivity index (χ3n) is 2.71. The molecule has 0 unspecified atom stereocenters. The average Bonchev–Trinajstić information content (AvgIpc) is 3.10. The minimum atomic E-state index is -3.47. The number of rotatable bonds is 5. The molecule has 0 aromatic heterocycles. The summed E-state index contributed by atoms with van der Waals surface area (Å²) in [6.45, 7) is 3.91. The zero-order chi connectivity index (χ0) is 12.5. The van der Waals surface area contributed by atoms with Gasteiger partial charge in [0.05, 0.1) is 4.90 Å². The lowest BCUT2D eigenvalue weighted by Gasteiger charge is -2.20. The molecule has 0 heterocycles. The van der Waals surface area contributed by atoms with Crippen molar-refractivity contribution in [1.29, 1.82) is 0 Å². The average molecular weight is 253 g/mol. The van der Waals surface area contributed by atoms with Gasteiger partial charge in [-0.2, -0.15) is 4.31 Å². The summed E-state index contributed by atoms with van der Waals surface area (Å²) in [7, 11) is -3.47. The number of hydrogen-bond acceptors (Lipinski definition) is 3. The van der Waals surface area contributed by atoms with Crippen LogP contribution in [-0.4, -0.2) is 30.4 Å². The number of hydrogen-bond donors (Lipinski definition) is 1. The molecule has 0 atom stereocenters. The van der Waals surface area contributed by atoms with E-state index in [2.05, 4.69) is 6.58 Å². The van der Waals surface area contributed by atoms with Crippen molar-refractivity contribution in [2.45, 2.75) is 23.8 Å². The van der Waals surface area contributed by atoms with E-state index in [-0.39, 0.29) is 16.7 Å². The Balaban J connectivity index is 2.33. The topological polar surface area (TPSA) is 57.6 Å². The normalized spacial score (nSPS) is 16.1. The first-order valence-electron chi connectivity index (χ1n) is 5.47. The molecule has 0 saturated heterocycles. The van der Waals surface area contributed by atoms with E-state index in [0.717, 1.165) is 12.8 Å². The highest BCUT2D eigenvalue weighted by atomic mass is 32.2. The fourth-order valence-electron chi connectivity index (χ4n) is 1.69. The first kappa shape index (κ1) is 12.1. The molecule has 1 aliphatic rings. The molecule has 0 aliphatic heterocycles. The van der Waals surface area contributed by atoms with Gasteiger partial charge in [-0.05, 0) is 37.1 Å². The summed E-state index contributed by atoms with van der Waals surface area (Å²) in [6, 6.07) is 5.70. The number of sulfonamides is 1. The molecule has 4 nitrogen and oxygen atoms in total. The van der Waals surface area contributed by atoms with Crippen molar-refractivity contribution in [3.05, 3.63) is 36.9 Å². The molecule has 92 valence electrons. The van der Waals surface area contributed by atoms with Crippen LogP contribution in [0.5, 0.6) is 5.75 Å². The van der Waals surface area contributed by atoms with Gasteiger partial charge in [0.15, 0.2) is 0 Å². The Morgan fingerprint density at radius 2 is 1.94 bits per heavy atom. The van der Waals surface area contributed by atoms with Crippen molar-refractivity contribution >= 4 is 10.0 Å². The van der Waals surface area contributed by atoms with Gasteiger partial charge in [-0.3, -0.25) is 0 Å². The summed E-state index contributed by atoms with van der Waals surface area (Å²) in [5.41, 5.74) is 0. The van der Waals surface area contributed by atoms with E-state index < -0.39 is 10.0 Å². The van der Waals surface area contributed by atoms with E-state index in [9.17, 15) is 8.42 Å². The van der Waals surface area contributed by atoms with E-state index in [0.29, 0.717) is 6.54 Å². The van der Waals surface area contributed by atoms with Gasteiger partial charge in [0.2, 0.25) is 10.0 Å². The molecule has 5 heteroatoms. The van der Waals surface area contributed by atoms with Gasteiger partial charge in [0, 0.05) is 12.6 Å². The Hall–Kier alpha value is -1.33. The van der Waals surface area contributed by atoms with Crippen LogP contribution >= 0.6 is 0 Å². The minimum Gasteiger partial charge on any atom is -0.508 e. The van der Waals surface area contributed by atoms with Crippen molar-refractivity contribution in [1.82, 2.24) is 4.31 Å². The Morgan fingerprint density at radius 3 is 2.41 bits per heavy atom. The van der Waals surface area contributed by atoms with Crippen LogP contribution in [0.2, 0.25) is 0 Å². The summed E-state index contributed by atoms with van der Waals surface area (Å²) < 4.78 is 26.1. The Kier molecular flexibility index (Phi) is 3.22. The van der Waals surface area contributed by atoms with Crippen molar-refractivity contribution in [3.8, 4) is 5.75 Å². The maximum Gasteiger partial charge on any atom is 0.243 e. The second kappa shape index (κ2) is 4.50. The van der Waals surface area contributed by atoms with Crippen LogP contribution in [0.15, 0.2) is 41.8 Å². The number of phenols is 1. The first-order valence-corrected chi connectivity index (χ1v) is 6.91. The van der Waals surface area contributed by atoms with Crippen LogP contribution in [-0.2, 0) is 10.0 Å². The van der Waals surface area contributed by atoms with Gasteiger partial charge in [-0.25, -0.2) is 8.42 Å². The zero-order valence-corrected chi connectivity index (χ0v) is 10.2. The first-order chi connectivity index (χ1) is 8.05. The molecule has 1 N–H and O–H groups in total. The van der Waals surface area contributed by atoms with Crippen molar-refractivity contribution in [2.75, 3.05) is 6.54 Å². The van der Waals surface area contributed by atoms with Crippen LogP contribution in [0.25, 0.3) is 0 Å².